The van der Waals surface area contributed by atoms with Gasteiger partial charge in [-0.25, -0.2) is 0 Å². The molecule has 2 aliphatic carbocycles. The standard InChI is InChI=1S/C18H21NO8S/c1-18(7-13(20)21)6-8-4-9(18)5-12(8)28(24,25)27-19-16(22)14-10-2-3-11(26-10)15(14)17(19)23/h2-3,8-12,14-15H,4-7H2,1H3,(H,20,21). The van der Waals surface area contributed by atoms with Gasteiger partial charge in [0.25, 0.3) is 21.9 Å². The van der Waals surface area contributed by atoms with Crippen LogP contribution < -0.4 is 0 Å². The number of aliphatic carboxylic acids is 1. The molecule has 0 spiro atoms. The predicted octanol–water partition coefficient (Wildman–Crippen LogP) is 0.466. The summed E-state index contributed by atoms with van der Waals surface area (Å²) in [5.74, 6) is -3.95. The average Bonchev–Trinajstić information content (AvgIpc) is 3.37. The molecule has 4 fully saturated rings. The molecule has 9 nitrogen and oxygen atoms in total. The molecule has 8 atom stereocenters. The highest BCUT2D eigenvalue weighted by molar-refractivity contribution is 7.87. The molecule has 10 heteroatoms. The highest BCUT2D eigenvalue weighted by Crippen LogP contribution is 2.59. The van der Waals surface area contributed by atoms with Gasteiger partial charge in [-0.05, 0) is 36.5 Å². The van der Waals surface area contributed by atoms with E-state index >= 15 is 0 Å². The van der Waals surface area contributed by atoms with Crippen LogP contribution in [0.4, 0.5) is 0 Å². The first-order chi connectivity index (χ1) is 13.1. The van der Waals surface area contributed by atoms with Crippen molar-refractivity contribution in [1.29, 1.82) is 0 Å². The number of rotatable bonds is 5. The fourth-order valence-corrected chi connectivity index (χ4v) is 7.67. The maximum atomic E-state index is 12.9. The first-order valence-corrected chi connectivity index (χ1v) is 10.9. The molecule has 0 aromatic carbocycles. The number of ether oxygens (including phenoxy) is 1. The second-order valence-electron chi connectivity index (χ2n) is 8.94. The van der Waals surface area contributed by atoms with Crippen LogP contribution in [-0.4, -0.2) is 53.8 Å². The maximum Gasteiger partial charge on any atom is 0.303 e. The molecule has 0 aromatic rings. The van der Waals surface area contributed by atoms with Crippen molar-refractivity contribution in [3.05, 3.63) is 12.2 Å². The third-order valence-electron chi connectivity index (χ3n) is 7.32. The Labute approximate surface area is 161 Å². The lowest BCUT2D eigenvalue weighted by Gasteiger charge is -2.35. The third-order valence-corrected chi connectivity index (χ3v) is 8.99. The highest BCUT2D eigenvalue weighted by atomic mass is 32.2. The van der Waals surface area contributed by atoms with Gasteiger partial charge in [-0.15, -0.1) is 9.35 Å². The fraction of sp³-hybridized carbons (Fsp3) is 0.722. The van der Waals surface area contributed by atoms with Gasteiger partial charge in [-0.3, -0.25) is 14.4 Å². The molecule has 28 heavy (non-hydrogen) atoms. The normalized spacial score (nSPS) is 46.0. The summed E-state index contributed by atoms with van der Waals surface area (Å²) in [5.41, 5.74) is -0.430. The fourth-order valence-electron chi connectivity index (χ4n) is 6.06. The van der Waals surface area contributed by atoms with E-state index in [0.717, 1.165) is 0 Å². The number of carboxylic acid groups (broad SMARTS) is 1. The Kier molecular flexibility index (Phi) is 3.68. The van der Waals surface area contributed by atoms with Crippen molar-refractivity contribution < 1.29 is 36.9 Å². The molecule has 5 rings (SSSR count). The van der Waals surface area contributed by atoms with E-state index in [0.29, 0.717) is 17.9 Å². The minimum Gasteiger partial charge on any atom is -0.481 e. The maximum absolute atomic E-state index is 12.9. The van der Waals surface area contributed by atoms with Crippen LogP contribution in [0.2, 0.25) is 0 Å². The molecule has 0 aromatic heterocycles. The smallest absolute Gasteiger partial charge is 0.303 e. The number of carboxylic acids is 1. The van der Waals surface area contributed by atoms with Gasteiger partial charge in [0, 0.05) is 0 Å². The molecular formula is C18H21NO8S. The van der Waals surface area contributed by atoms with Gasteiger partial charge in [-0.1, -0.05) is 19.1 Å². The molecule has 0 radical (unpaired) electrons. The summed E-state index contributed by atoms with van der Waals surface area (Å²) in [6, 6.07) is 0. The Balaban J connectivity index is 1.32. The molecule has 4 bridgehead atoms. The number of nitrogens with zero attached hydrogens (tertiary/aromatic N) is 1. The molecule has 2 saturated heterocycles. The summed E-state index contributed by atoms with van der Waals surface area (Å²) in [6.07, 6.45) is 3.80. The summed E-state index contributed by atoms with van der Waals surface area (Å²) in [4.78, 5) is 36.3. The van der Waals surface area contributed by atoms with Crippen molar-refractivity contribution in [2.45, 2.75) is 50.1 Å². The SMILES string of the molecule is CC1(CC(=O)O)CC2CC1CC2S(=O)(=O)ON1C(=O)C2C3C=CC(O3)C2C1=O. The molecule has 1 N–H and O–H groups in total. The van der Waals surface area contributed by atoms with Gasteiger partial charge in [0.2, 0.25) is 0 Å². The van der Waals surface area contributed by atoms with Crippen molar-refractivity contribution in [3.8, 4) is 0 Å². The number of carbonyl (C=O) groups excluding carboxylic acids is 2. The lowest BCUT2D eigenvalue weighted by molar-refractivity contribution is -0.168. The van der Waals surface area contributed by atoms with E-state index in [2.05, 4.69) is 0 Å². The molecule has 2 saturated carbocycles. The van der Waals surface area contributed by atoms with Gasteiger partial charge in [-0.2, -0.15) is 8.42 Å². The number of fused-ring (bicyclic) bond motifs is 7. The van der Waals surface area contributed by atoms with Gasteiger partial charge in [0.1, 0.15) is 0 Å². The van der Waals surface area contributed by atoms with E-state index in [1.807, 2.05) is 6.92 Å². The Morgan fingerprint density at radius 2 is 1.86 bits per heavy atom. The molecule has 3 heterocycles. The molecule has 2 amide bonds. The summed E-state index contributed by atoms with van der Waals surface area (Å²) >= 11 is 0. The molecule has 3 aliphatic heterocycles. The Hall–Kier alpha value is -1.78. The number of carbonyl (C=O) groups is 3. The van der Waals surface area contributed by atoms with Crippen LogP contribution in [0.3, 0.4) is 0 Å². The number of imide groups is 1. The highest BCUT2D eigenvalue weighted by Gasteiger charge is 2.63. The van der Waals surface area contributed by atoms with E-state index in [9.17, 15) is 22.8 Å². The zero-order valence-corrected chi connectivity index (χ0v) is 16.0. The largest absolute Gasteiger partial charge is 0.481 e. The monoisotopic (exact) mass is 411 g/mol. The van der Waals surface area contributed by atoms with Crippen LogP contribution in [-0.2, 0) is 33.5 Å². The van der Waals surface area contributed by atoms with Crippen LogP contribution in [0.25, 0.3) is 0 Å². The molecular weight excluding hydrogens is 390 g/mol. The van der Waals surface area contributed by atoms with E-state index in [4.69, 9.17) is 14.1 Å². The first kappa shape index (κ1) is 18.3. The molecule has 8 unspecified atom stereocenters. The zero-order chi connectivity index (χ0) is 20.0. The van der Waals surface area contributed by atoms with Crippen LogP contribution in [0.1, 0.15) is 32.6 Å². The Morgan fingerprint density at radius 3 is 2.36 bits per heavy atom. The van der Waals surface area contributed by atoms with Crippen molar-refractivity contribution in [3.63, 3.8) is 0 Å². The summed E-state index contributed by atoms with van der Waals surface area (Å²) in [6.45, 7) is 1.88. The van der Waals surface area contributed by atoms with Crippen LogP contribution in [0.15, 0.2) is 12.2 Å². The van der Waals surface area contributed by atoms with E-state index in [1.54, 1.807) is 12.2 Å². The summed E-state index contributed by atoms with van der Waals surface area (Å²) in [7, 11) is -4.19. The van der Waals surface area contributed by atoms with Crippen LogP contribution in [0, 0.1) is 29.1 Å². The van der Waals surface area contributed by atoms with E-state index in [1.165, 1.54) is 0 Å². The molecule has 152 valence electrons. The van der Waals surface area contributed by atoms with Crippen molar-refractivity contribution in [1.82, 2.24) is 5.06 Å². The van der Waals surface area contributed by atoms with Crippen LogP contribution >= 0.6 is 0 Å². The Morgan fingerprint density at radius 1 is 1.25 bits per heavy atom. The van der Waals surface area contributed by atoms with Gasteiger partial charge >= 0.3 is 5.97 Å². The van der Waals surface area contributed by atoms with Crippen LogP contribution in [0.5, 0.6) is 0 Å². The van der Waals surface area contributed by atoms with Crippen molar-refractivity contribution in [2.75, 3.05) is 0 Å². The van der Waals surface area contributed by atoms with Crippen molar-refractivity contribution >= 4 is 27.9 Å². The van der Waals surface area contributed by atoms with Gasteiger partial charge < -0.3 is 9.84 Å². The van der Waals surface area contributed by atoms with Gasteiger partial charge in [0.15, 0.2) is 0 Å². The molecule has 5 aliphatic rings. The quantitative estimate of drug-likeness (QED) is 0.511. The summed E-state index contributed by atoms with van der Waals surface area (Å²) < 4.78 is 36.3. The van der Waals surface area contributed by atoms with E-state index in [-0.39, 0.29) is 24.7 Å². The van der Waals surface area contributed by atoms with Gasteiger partial charge in [0.05, 0.1) is 35.7 Å². The Bertz CT molecular complexity index is 883. The lowest BCUT2D eigenvalue weighted by atomic mass is 9.72. The minimum atomic E-state index is -4.19. The topological polar surface area (TPSA) is 127 Å². The van der Waals surface area contributed by atoms with Crippen molar-refractivity contribution in [2.24, 2.45) is 29.1 Å². The third kappa shape index (κ3) is 2.37. The van der Waals surface area contributed by atoms with E-state index < -0.39 is 62.6 Å². The second-order valence-corrected chi connectivity index (χ2v) is 10.7. The average molecular weight is 411 g/mol. The number of hydroxylamine groups is 2. The summed E-state index contributed by atoms with van der Waals surface area (Å²) in [5, 5.41) is 8.72. The zero-order valence-electron chi connectivity index (χ0n) is 15.2. The number of hydrogen-bond acceptors (Lipinski definition) is 7. The number of amides is 2. The lowest BCUT2D eigenvalue weighted by Crippen LogP contribution is -2.42. The first-order valence-electron chi connectivity index (χ1n) is 9.47. The predicted molar refractivity (Wildman–Crippen MR) is 91.6 cm³/mol. The minimum absolute atomic E-state index is 0.00399. The second kappa shape index (κ2) is 5.64. The number of hydrogen-bond donors (Lipinski definition) is 1.